The lowest BCUT2D eigenvalue weighted by atomic mass is 10.1. The first-order valence-corrected chi connectivity index (χ1v) is 7.59. The van der Waals surface area contributed by atoms with Gasteiger partial charge < -0.3 is 10.6 Å². The van der Waals surface area contributed by atoms with Gasteiger partial charge in [0.1, 0.15) is 0 Å². The third-order valence-electron chi connectivity index (χ3n) is 3.99. The average molecular weight is 322 g/mol. The second-order valence-corrected chi connectivity index (χ2v) is 5.63. The SMILES string of the molecule is CNC(=O)c1cccc(NC(=O)c2n[nH]c3ccc(C)cc23)c1C. The molecule has 3 N–H and O–H groups in total. The molecule has 2 amide bonds. The molecule has 6 heteroatoms. The summed E-state index contributed by atoms with van der Waals surface area (Å²) >= 11 is 0. The summed E-state index contributed by atoms with van der Waals surface area (Å²) < 4.78 is 0. The number of nitrogens with one attached hydrogen (secondary N) is 3. The largest absolute Gasteiger partial charge is 0.355 e. The van der Waals surface area contributed by atoms with Crippen LogP contribution in [0.5, 0.6) is 0 Å². The van der Waals surface area contributed by atoms with Gasteiger partial charge in [-0.2, -0.15) is 5.10 Å². The minimum absolute atomic E-state index is 0.190. The van der Waals surface area contributed by atoms with Gasteiger partial charge in [-0.15, -0.1) is 0 Å². The summed E-state index contributed by atoms with van der Waals surface area (Å²) in [6, 6.07) is 11.0. The van der Waals surface area contributed by atoms with E-state index in [1.165, 1.54) is 0 Å². The molecule has 0 atom stereocenters. The quantitative estimate of drug-likeness (QED) is 0.693. The lowest BCUT2D eigenvalue weighted by Crippen LogP contribution is -2.20. The number of aromatic nitrogens is 2. The molecule has 0 fully saturated rings. The minimum Gasteiger partial charge on any atom is -0.355 e. The maximum absolute atomic E-state index is 12.6. The standard InChI is InChI=1S/C18H18N4O2/c1-10-7-8-15-13(9-10)16(22-21-15)18(24)20-14-6-4-5-12(11(14)2)17(23)19-3/h4-9H,1-3H3,(H,19,23)(H,20,24)(H,21,22). The van der Waals surface area contributed by atoms with Gasteiger partial charge in [0.2, 0.25) is 0 Å². The van der Waals surface area contributed by atoms with E-state index >= 15 is 0 Å². The number of fused-ring (bicyclic) bond motifs is 1. The van der Waals surface area contributed by atoms with Crippen molar-refractivity contribution in [1.82, 2.24) is 15.5 Å². The van der Waals surface area contributed by atoms with Crippen molar-refractivity contribution in [3.05, 3.63) is 58.8 Å². The van der Waals surface area contributed by atoms with Gasteiger partial charge in [-0.1, -0.05) is 17.7 Å². The Morgan fingerprint density at radius 3 is 2.62 bits per heavy atom. The van der Waals surface area contributed by atoms with Crippen LogP contribution in [0.3, 0.4) is 0 Å². The van der Waals surface area contributed by atoms with E-state index in [1.54, 1.807) is 32.2 Å². The molecule has 122 valence electrons. The zero-order valence-electron chi connectivity index (χ0n) is 13.7. The van der Waals surface area contributed by atoms with Crippen LogP contribution in [0.15, 0.2) is 36.4 Å². The molecule has 0 saturated heterocycles. The van der Waals surface area contributed by atoms with Gasteiger partial charge in [0.25, 0.3) is 11.8 Å². The predicted octanol–water partition coefficient (Wildman–Crippen LogP) is 2.79. The van der Waals surface area contributed by atoms with Crippen molar-refractivity contribution in [2.45, 2.75) is 13.8 Å². The van der Waals surface area contributed by atoms with E-state index in [9.17, 15) is 9.59 Å². The summed E-state index contributed by atoms with van der Waals surface area (Å²) in [4.78, 5) is 24.5. The molecule has 3 aromatic rings. The van der Waals surface area contributed by atoms with Crippen molar-refractivity contribution in [3.8, 4) is 0 Å². The van der Waals surface area contributed by atoms with E-state index in [0.29, 0.717) is 22.5 Å². The second kappa shape index (κ2) is 6.16. The minimum atomic E-state index is -0.316. The Morgan fingerprint density at radius 1 is 1.08 bits per heavy atom. The van der Waals surface area contributed by atoms with Crippen LogP contribution in [0.2, 0.25) is 0 Å². The molecule has 0 aliphatic heterocycles. The molecule has 24 heavy (non-hydrogen) atoms. The molecule has 0 aliphatic carbocycles. The summed E-state index contributed by atoms with van der Waals surface area (Å²) in [5, 5.41) is 13.2. The third-order valence-corrected chi connectivity index (χ3v) is 3.99. The Kier molecular flexibility index (Phi) is 4.04. The number of aromatic amines is 1. The molecule has 2 aromatic carbocycles. The molecule has 6 nitrogen and oxygen atoms in total. The molecule has 1 aromatic heterocycles. The zero-order chi connectivity index (χ0) is 17.3. The van der Waals surface area contributed by atoms with Gasteiger partial charge in [0, 0.05) is 23.7 Å². The fraction of sp³-hybridized carbons (Fsp3) is 0.167. The van der Waals surface area contributed by atoms with E-state index in [2.05, 4.69) is 20.8 Å². The summed E-state index contributed by atoms with van der Waals surface area (Å²) in [5.41, 5.74) is 4.01. The second-order valence-electron chi connectivity index (χ2n) is 5.63. The topological polar surface area (TPSA) is 86.9 Å². The number of rotatable bonds is 3. The maximum Gasteiger partial charge on any atom is 0.276 e. The van der Waals surface area contributed by atoms with E-state index < -0.39 is 0 Å². The third kappa shape index (κ3) is 2.74. The number of nitrogens with zero attached hydrogens (tertiary/aromatic N) is 1. The first-order valence-electron chi connectivity index (χ1n) is 7.59. The summed E-state index contributed by atoms with van der Waals surface area (Å²) in [5.74, 6) is -0.506. The number of carbonyl (C=O) groups is 2. The van der Waals surface area contributed by atoms with Gasteiger partial charge in [0.15, 0.2) is 5.69 Å². The number of carbonyl (C=O) groups excluding carboxylic acids is 2. The molecule has 0 unspecified atom stereocenters. The highest BCUT2D eigenvalue weighted by Gasteiger charge is 2.17. The maximum atomic E-state index is 12.6. The van der Waals surface area contributed by atoms with Crippen LogP contribution in [0.4, 0.5) is 5.69 Å². The first-order chi connectivity index (χ1) is 11.5. The first kappa shape index (κ1) is 15.7. The van der Waals surface area contributed by atoms with Crippen LogP contribution >= 0.6 is 0 Å². The smallest absolute Gasteiger partial charge is 0.276 e. The van der Waals surface area contributed by atoms with E-state index in [1.807, 2.05) is 25.1 Å². The predicted molar refractivity (Wildman–Crippen MR) is 93.4 cm³/mol. The molecule has 0 saturated carbocycles. The van der Waals surface area contributed by atoms with Crippen LogP contribution in [0, 0.1) is 13.8 Å². The van der Waals surface area contributed by atoms with Crippen molar-refractivity contribution in [1.29, 1.82) is 0 Å². The Morgan fingerprint density at radius 2 is 1.88 bits per heavy atom. The van der Waals surface area contributed by atoms with Crippen LogP contribution in [-0.4, -0.2) is 29.1 Å². The fourth-order valence-corrected chi connectivity index (χ4v) is 2.63. The highest BCUT2D eigenvalue weighted by molar-refractivity contribution is 6.12. The van der Waals surface area contributed by atoms with Crippen molar-refractivity contribution >= 4 is 28.4 Å². The summed E-state index contributed by atoms with van der Waals surface area (Å²) in [6.45, 7) is 3.76. The normalized spacial score (nSPS) is 10.6. The van der Waals surface area contributed by atoms with E-state index in [0.717, 1.165) is 16.5 Å². The lowest BCUT2D eigenvalue weighted by molar-refractivity contribution is 0.0960. The Bertz CT molecular complexity index is 943. The Balaban J connectivity index is 1.95. The number of anilines is 1. The average Bonchev–Trinajstić information content (AvgIpc) is 2.99. The Labute approximate surface area is 139 Å². The van der Waals surface area contributed by atoms with Crippen LogP contribution in [0.1, 0.15) is 32.0 Å². The molecule has 3 rings (SSSR count). The van der Waals surface area contributed by atoms with E-state index in [4.69, 9.17) is 0 Å². The summed E-state index contributed by atoms with van der Waals surface area (Å²) in [7, 11) is 1.57. The van der Waals surface area contributed by atoms with Gasteiger partial charge in [0.05, 0.1) is 5.52 Å². The fourth-order valence-electron chi connectivity index (χ4n) is 2.63. The van der Waals surface area contributed by atoms with Gasteiger partial charge in [-0.3, -0.25) is 14.7 Å². The van der Waals surface area contributed by atoms with E-state index in [-0.39, 0.29) is 11.8 Å². The molecule has 0 aliphatic rings. The van der Waals surface area contributed by atoms with Gasteiger partial charge in [-0.05, 0) is 43.7 Å². The molecule has 0 bridgehead atoms. The van der Waals surface area contributed by atoms with Gasteiger partial charge in [-0.25, -0.2) is 0 Å². The highest BCUT2D eigenvalue weighted by atomic mass is 16.2. The van der Waals surface area contributed by atoms with Crippen molar-refractivity contribution in [3.63, 3.8) is 0 Å². The van der Waals surface area contributed by atoms with Crippen LogP contribution < -0.4 is 10.6 Å². The summed E-state index contributed by atoms with van der Waals surface area (Å²) in [6.07, 6.45) is 0. The van der Waals surface area contributed by atoms with Crippen molar-refractivity contribution < 1.29 is 9.59 Å². The Hall–Kier alpha value is -3.15. The molecule has 0 spiro atoms. The number of hydrogen-bond acceptors (Lipinski definition) is 3. The number of benzene rings is 2. The van der Waals surface area contributed by atoms with Crippen molar-refractivity contribution in [2.24, 2.45) is 0 Å². The zero-order valence-corrected chi connectivity index (χ0v) is 13.7. The molecule has 0 radical (unpaired) electrons. The van der Waals surface area contributed by atoms with Crippen LogP contribution in [0.25, 0.3) is 10.9 Å². The monoisotopic (exact) mass is 322 g/mol. The molecular formula is C18H18N4O2. The number of aryl methyl sites for hydroxylation is 1. The number of H-pyrrole nitrogens is 1. The number of amides is 2. The van der Waals surface area contributed by atoms with Crippen molar-refractivity contribution in [2.75, 3.05) is 12.4 Å². The lowest BCUT2D eigenvalue weighted by Gasteiger charge is -2.11. The van der Waals surface area contributed by atoms with Gasteiger partial charge >= 0.3 is 0 Å². The van der Waals surface area contributed by atoms with Crippen LogP contribution in [-0.2, 0) is 0 Å². The molecular weight excluding hydrogens is 304 g/mol. The molecule has 1 heterocycles. The highest BCUT2D eigenvalue weighted by Crippen LogP contribution is 2.22. The number of hydrogen-bond donors (Lipinski definition) is 3.